The van der Waals surface area contributed by atoms with Gasteiger partial charge in [-0.1, -0.05) is 33.1 Å². The zero-order valence-electron chi connectivity index (χ0n) is 9.34. The second-order valence-electron chi connectivity index (χ2n) is 4.16. The zero-order chi connectivity index (χ0) is 10.3. The summed E-state index contributed by atoms with van der Waals surface area (Å²) < 4.78 is 0. The van der Waals surface area contributed by atoms with Crippen molar-refractivity contribution < 1.29 is 5.11 Å². The monoisotopic (exact) mass is 187 g/mol. The summed E-state index contributed by atoms with van der Waals surface area (Å²) in [5, 5.41) is 10.1. The first-order valence-electron chi connectivity index (χ1n) is 5.50. The van der Waals surface area contributed by atoms with E-state index in [0.717, 1.165) is 19.3 Å². The van der Waals surface area contributed by atoms with Crippen LogP contribution in [0.2, 0.25) is 0 Å². The third-order valence-electron chi connectivity index (χ3n) is 2.94. The summed E-state index contributed by atoms with van der Waals surface area (Å²) in [4.78, 5) is 0. The minimum atomic E-state index is -0.557. The Hall–Kier alpha value is -0.0800. The smallest absolute Gasteiger partial charge is 0.0659 e. The van der Waals surface area contributed by atoms with Crippen LogP contribution in [0.4, 0.5) is 0 Å². The van der Waals surface area contributed by atoms with Crippen LogP contribution in [0.3, 0.4) is 0 Å². The fourth-order valence-corrected chi connectivity index (χ4v) is 1.80. The number of unbranched alkanes of at least 4 members (excludes halogenated alkanes) is 2. The highest BCUT2D eigenvalue weighted by molar-refractivity contribution is 4.81. The van der Waals surface area contributed by atoms with Gasteiger partial charge >= 0.3 is 0 Å². The summed E-state index contributed by atoms with van der Waals surface area (Å²) in [6, 6.07) is 0. The van der Waals surface area contributed by atoms with E-state index in [0.29, 0.717) is 6.54 Å². The molecule has 13 heavy (non-hydrogen) atoms. The Morgan fingerprint density at radius 1 is 1.31 bits per heavy atom. The fraction of sp³-hybridized carbons (Fsp3) is 1.00. The van der Waals surface area contributed by atoms with Crippen LogP contribution in [0.1, 0.15) is 52.9 Å². The molecule has 0 bridgehead atoms. The minimum Gasteiger partial charge on any atom is -0.390 e. The molecule has 2 unspecified atom stereocenters. The Morgan fingerprint density at radius 2 is 1.92 bits per heavy atom. The number of hydrogen-bond donors (Lipinski definition) is 2. The normalized spacial score (nSPS) is 18.2. The maximum absolute atomic E-state index is 10.1. The van der Waals surface area contributed by atoms with Gasteiger partial charge in [0.05, 0.1) is 5.60 Å². The highest BCUT2D eigenvalue weighted by Gasteiger charge is 2.28. The highest BCUT2D eigenvalue weighted by Crippen LogP contribution is 2.25. The Kier molecular flexibility index (Phi) is 6.35. The van der Waals surface area contributed by atoms with Crippen LogP contribution >= 0.6 is 0 Å². The van der Waals surface area contributed by atoms with Crippen molar-refractivity contribution in [2.75, 3.05) is 6.54 Å². The van der Waals surface area contributed by atoms with Crippen LogP contribution in [0.15, 0.2) is 0 Å². The first-order chi connectivity index (χ1) is 6.08. The van der Waals surface area contributed by atoms with Crippen molar-refractivity contribution in [3.8, 4) is 0 Å². The Morgan fingerprint density at radius 3 is 2.31 bits per heavy atom. The number of nitrogens with two attached hydrogens (primary N) is 1. The van der Waals surface area contributed by atoms with Crippen molar-refractivity contribution in [3.63, 3.8) is 0 Å². The van der Waals surface area contributed by atoms with E-state index in [1.165, 1.54) is 12.8 Å². The number of aliphatic hydroxyl groups is 1. The number of hydrogen-bond acceptors (Lipinski definition) is 2. The summed E-state index contributed by atoms with van der Waals surface area (Å²) >= 11 is 0. The second-order valence-corrected chi connectivity index (χ2v) is 4.16. The molecular formula is C11H25NO. The first kappa shape index (κ1) is 12.9. The van der Waals surface area contributed by atoms with Crippen LogP contribution in [0.25, 0.3) is 0 Å². The third-order valence-corrected chi connectivity index (χ3v) is 2.94. The van der Waals surface area contributed by atoms with E-state index in [9.17, 15) is 5.11 Å². The van der Waals surface area contributed by atoms with E-state index in [4.69, 9.17) is 5.73 Å². The molecule has 2 atom stereocenters. The van der Waals surface area contributed by atoms with Crippen LogP contribution in [0, 0.1) is 5.92 Å². The molecule has 0 saturated carbocycles. The van der Waals surface area contributed by atoms with Gasteiger partial charge in [0.1, 0.15) is 0 Å². The van der Waals surface area contributed by atoms with Crippen molar-refractivity contribution in [2.24, 2.45) is 11.7 Å². The van der Waals surface area contributed by atoms with Gasteiger partial charge in [-0.15, -0.1) is 0 Å². The molecule has 0 aromatic carbocycles. The van der Waals surface area contributed by atoms with E-state index in [2.05, 4.69) is 13.8 Å². The SMILES string of the molecule is CCCCCC(C)(O)C(CC)CN. The molecular weight excluding hydrogens is 162 g/mol. The van der Waals surface area contributed by atoms with E-state index < -0.39 is 5.60 Å². The minimum absolute atomic E-state index is 0.254. The summed E-state index contributed by atoms with van der Waals surface area (Å²) in [6.07, 6.45) is 5.37. The molecule has 0 aromatic heterocycles. The standard InChI is InChI=1S/C11H25NO/c1-4-6-7-8-11(3,13)10(5-2)9-12/h10,13H,4-9,12H2,1-3H3. The van der Waals surface area contributed by atoms with E-state index >= 15 is 0 Å². The first-order valence-corrected chi connectivity index (χ1v) is 5.50. The molecule has 0 spiro atoms. The molecule has 0 radical (unpaired) electrons. The molecule has 2 nitrogen and oxygen atoms in total. The summed E-state index contributed by atoms with van der Waals surface area (Å²) in [7, 11) is 0. The van der Waals surface area contributed by atoms with Gasteiger partial charge in [-0.05, 0) is 32.2 Å². The van der Waals surface area contributed by atoms with Gasteiger partial charge in [-0.25, -0.2) is 0 Å². The van der Waals surface area contributed by atoms with Gasteiger partial charge in [0, 0.05) is 0 Å². The number of rotatable bonds is 7. The lowest BCUT2D eigenvalue weighted by molar-refractivity contribution is -0.00899. The quantitative estimate of drug-likeness (QED) is 0.601. The van der Waals surface area contributed by atoms with Crippen LogP contribution < -0.4 is 5.73 Å². The van der Waals surface area contributed by atoms with Crippen molar-refractivity contribution in [3.05, 3.63) is 0 Å². The average molecular weight is 187 g/mol. The second kappa shape index (κ2) is 6.39. The molecule has 0 saturated heterocycles. The summed E-state index contributed by atoms with van der Waals surface area (Å²) in [6.45, 7) is 6.78. The van der Waals surface area contributed by atoms with Crippen LogP contribution in [0.5, 0.6) is 0 Å². The van der Waals surface area contributed by atoms with E-state index in [1.807, 2.05) is 6.92 Å². The van der Waals surface area contributed by atoms with Crippen molar-refractivity contribution in [1.82, 2.24) is 0 Å². The Bertz CT molecular complexity index is 119. The lowest BCUT2D eigenvalue weighted by atomic mass is 9.83. The maximum Gasteiger partial charge on any atom is 0.0659 e. The fourth-order valence-electron chi connectivity index (χ4n) is 1.80. The lowest BCUT2D eigenvalue weighted by Crippen LogP contribution is -2.38. The predicted molar refractivity (Wildman–Crippen MR) is 57.6 cm³/mol. The average Bonchev–Trinajstić information content (AvgIpc) is 2.06. The lowest BCUT2D eigenvalue weighted by Gasteiger charge is -2.31. The van der Waals surface area contributed by atoms with Gasteiger partial charge in [0.15, 0.2) is 0 Å². The molecule has 0 aliphatic carbocycles. The zero-order valence-corrected chi connectivity index (χ0v) is 9.34. The largest absolute Gasteiger partial charge is 0.390 e. The molecule has 3 N–H and O–H groups in total. The molecule has 2 heteroatoms. The van der Waals surface area contributed by atoms with Crippen molar-refractivity contribution >= 4 is 0 Å². The van der Waals surface area contributed by atoms with Crippen LogP contribution in [-0.4, -0.2) is 17.3 Å². The van der Waals surface area contributed by atoms with Crippen molar-refractivity contribution in [2.45, 2.75) is 58.5 Å². The maximum atomic E-state index is 10.1. The highest BCUT2D eigenvalue weighted by atomic mass is 16.3. The Labute approximate surface area is 82.5 Å². The molecule has 0 amide bonds. The van der Waals surface area contributed by atoms with E-state index in [1.54, 1.807) is 0 Å². The third kappa shape index (κ3) is 4.63. The van der Waals surface area contributed by atoms with E-state index in [-0.39, 0.29) is 5.92 Å². The van der Waals surface area contributed by atoms with Gasteiger partial charge < -0.3 is 10.8 Å². The molecule has 0 aliphatic heterocycles. The van der Waals surface area contributed by atoms with Crippen molar-refractivity contribution in [1.29, 1.82) is 0 Å². The molecule has 0 aliphatic rings. The molecule has 0 heterocycles. The predicted octanol–water partition coefficient (Wildman–Crippen LogP) is 2.30. The van der Waals surface area contributed by atoms with Gasteiger partial charge in [-0.3, -0.25) is 0 Å². The molecule has 80 valence electrons. The molecule has 0 rings (SSSR count). The van der Waals surface area contributed by atoms with Gasteiger partial charge in [0.25, 0.3) is 0 Å². The van der Waals surface area contributed by atoms with Gasteiger partial charge in [0.2, 0.25) is 0 Å². The summed E-state index contributed by atoms with van der Waals surface area (Å²) in [5.41, 5.74) is 5.06. The topological polar surface area (TPSA) is 46.2 Å². The van der Waals surface area contributed by atoms with Gasteiger partial charge in [-0.2, -0.15) is 0 Å². The Balaban J connectivity index is 3.88. The molecule has 0 fully saturated rings. The van der Waals surface area contributed by atoms with Crippen LogP contribution in [-0.2, 0) is 0 Å². The summed E-state index contributed by atoms with van der Waals surface area (Å²) in [5.74, 6) is 0.254. The molecule has 0 aromatic rings.